The molecule has 1 aliphatic carbocycles. The summed E-state index contributed by atoms with van der Waals surface area (Å²) in [5.74, 6) is 0.659. The van der Waals surface area contributed by atoms with Crippen molar-refractivity contribution in [1.82, 2.24) is 4.57 Å². The highest BCUT2D eigenvalue weighted by Crippen LogP contribution is 2.37. The molecule has 14 heavy (non-hydrogen) atoms. The number of hydrogen-bond acceptors (Lipinski definition) is 2. The van der Waals surface area contributed by atoms with E-state index in [2.05, 4.69) is 10.6 Å². The number of nitrogen functional groups attached to an aromatic ring is 1. The first-order valence-electron chi connectivity index (χ1n) is 5.03. The summed E-state index contributed by atoms with van der Waals surface area (Å²) >= 11 is 0. The molecule has 2 rings (SSSR count). The molecule has 0 unspecified atom stereocenters. The molecular formula is C11H15N3. The Morgan fingerprint density at radius 2 is 2.07 bits per heavy atom. The van der Waals surface area contributed by atoms with Crippen molar-refractivity contribution in [3.8, 4) is 6.07 Å². The van der Waals surface area contributed by atoms with Crippen LogP contribution in [0.4, 0.5) is 5.82 Å². The Bertz CT molecular complexity index is 405. The van der Waals surface area contributed by atoms with E-state index >= 15 is 0 Å². The lowest BCUT2D eigenvalue weighted by atomic mass is 9.92. The van der Waals surface area contributed by atoms with E-state index in [0.29, 0.717) is 17.4 Å². The molecule has 0 aromatic carbocycles. The quantitative estimate of drug-likeness (QED) is 0.736. The predicted octanol–water partition coefficient (Wildman–Crippen LogP) is 2.28. The Morgan fingerprint density at radius 3 is 2.43 bits per heavy atom. The van der Waals surface area contributed by atoms with Crippen LogP contribution < -0.4 is 5.73 Å². The molecule has 3 heteroatoms. The summed E-state index contributed by atoms with van der Waals surface area (Å²) in [7, 11) is 0. The van der Waals surface area contributed by atoms with Crippen molar-refractivity contribution in [1.29, 1.82) is 5.26 Å². The van der Waals surface area contributed by atoms with Gasteiger partial charge in [0.1, 0.15) is 11.9 Å². The van der Waals surface area contributed by atoms with Crippen LogP contribution in [0.5, 0.6) is 0 Å². The van der Waals surface area contributed by atoms with Gasteiger partial charge in [0.25, 0.3) is 0 Å². The minimum atomic E-state index is 0.538. The van der Waals surface area contributed by atoms with Gasteiger partial charge in [0, 0.05) is 11.7 Å². The van der Waals surface area contributed by atoms with Crippen LogP contribution in [0, 0.1) is 25.2 Å². The number of aromatic nitrogens is 1. The Labute approximate surface area is 84.1 Å². The van der Waals surface area contributed by atoms with Gasteiger partial charge in [-0.2, -0.15) is 5.26 Å². The minimum Gasteiger partial charge on any atom is -0.384 e. The third kappa shape index (κ3) is 1.04. The molecule has 1 fully saturated rings. The van der Waals surface area contributed by atoms with Gasteiger partial charge >= 0.3 is 0 Å². The van der Waals surface area contributed by atoms with E-state index in [1.165, 1.54) is 19.3 Å². The zero-order chi connectivity index (χ0) is 10.3. The van der Waals surface area contributed by atoms with E-state index in [4.69, 9.17) is 11.0 Å². The van der Waals surface area contributed by atoms with Crippen LogP contribution in [0.2, 0.25) is 0 Å². The number of nitriles is 1. The van der Waals surface area contributed by atoms with Gasteiger partial charge in [-0.3, -0.25) is 0 Å². The van der Waals surface area contributed by atoms with Crippen LogP contribution in [0.25, 0.3) is 0 Å². The maximum Gasteiger partial charge on any atom is 0.122 e. The van der Waals surface area contributed by atoms with Crippen LogP contribution in [0.15, 0.2) is 0 Å². The summed E-state index contributed by atoms with van der Waals surface area (Å²) in [6, 6.07) is 2.72. The number of hydrogen-bond donors (Lipinski definition) is 1. The van der Waals surface area contributed by atoms with E-state index in [1.54, 1.807) is 0 Å². The smallest absolute Gasteiger partial charge is 0.122 e. The molecule has 0 radical (unpaired) electrons. The van der Waals surface area contributed by atoms with Gasteiger partial charge < -0.3 is 10.3 Å². The number of rotatable bonds is 1. The average molecular weight is 189 g/mol. The van der Waals surface area contributed by atoms with Crippen molar-refractivity contribution in [2.75, 3.05) is 5.73 Å². The Hall–Kier alpha value is -1.43. The third-order valence-corrected chi connectivity index (χ3v) is 3.35. The van der Waals surface area contributed by atoms with E-state index in [1.807, 2.05) is 13.8 Å². The van der Waals surface area contributed by atoms with Gasteiger partial charge in [0.05, 0.1) is 5.56 Å². The molecule has 1 aromatic rings. The zero-order valence-electron chi connectivity index (χ0n) is 8.67. The summed E-state index contributed by atoms with van der Waals surface area (Å²) in [6.45, 7) is 4.02. The Balaban J connectivity index is 2.54. The lowest BCUT2D eigenvalue weighted by Crippen LogP contribution is -2.19. The maximum atomic E-state index is 8.97. The van der Waals surface area contributed by atoms with Crippen LogP contribution >= 0.6 is 0 Å². The monoisotopic (exact) mass is 189 g/mol. The zero-order valence-corrected chi connectivity index (χ0v) is 8.67. The summed E-state index contributed by atoms with van der Waals surface area (Å²) < 4.78 is 2.14. The van der Waals surface area contributed by atoms with E-state index in [-0.39, 0.29) is 0 Å². The number of nitrogens with zero attached hydrogens (tertiary/aromatic N) is 2. The van der Waals surface area contributed by atoms with E-state index in [9.17, 15) is 0 Å². The van der Waals surface area contributed by atoms with E-state index in [0.717, 1.165) is 11.3 Å². The van der Waals surface area contributed by atoms with Crippen molar-refractivity contribution >= 4 is 5.82 Å². The highest BCUT2D eigenvalue weighted by Gasteiger charge is 2.25. The van der Waals surface area contributed by atoms with Crippen molar-refractivity contribution in [3.05, 3.63) is 16.8 Å². The van der Waals surface area contributed by atoms with Gasteiger partial charge in [0.2, 0.25) is 0 Å². The van der Waals surface area contributed by atoms with Crippen molar-refractivity contribution in [3.63, 3.8) is 0 Å². The molecule has 0 amide bonds. The molecule has 0 saturated heterocycles. The van der Waals surface area contributed by atoms with Gasteiger partial charge in [-0.05, 0) is 38.7 Å². The van der Waals surface area contributed by atoms with Crippen molar-refractivity contribution in [2.24, 2.45) is 0 Å². The van der Waals surface area contributed by atoms with Crippen LogP contribution in [0.3, 0.4) is 0 Å². The van der Waals surface area contributed by atoms with Gasteiger partial charge in [-0.1, -0.05) is 0 Å². The lowest BCUT2D eigenvalue weighted by Gasteiger charge is -2.29. The highest BCUT2D eigenvalue weighted by molar-refractivity contribution is 5.58. The SMILES string of the molecule is Cc1c(C#N)c(N)n(C2CCC2)c1C. The topological polar surface area (TPSA) is 54.7 Å². The normalized spacial score (nSPS) is 16.4. The second kappa shape index (κ2) is 3.06. The largest absolute Gasteiger partial charge is 0.384 e. The minimum absolute atomic E-state index is 0.538. The first-order chi connectivity index (χ1) is 6.66. The molecule has 2 N–H and O–H groups in total. The molecule has 74 valence electrons. The van der Waals surface area contributed by atoms with Gasteiger partial charge in [-0.15, -0.1) is 0 Å². The summed E-state index contributed by atoms with van der Waals surface area (Å²) in [5, 5.41) is 8.97. The Morgan fingerprint density at radius 1 is 1.43 bits per heavy atom. The van der Waals surface area contributed by atoms with Crippen LogP contribution in [-0.4, -0.2) is 4.57 Å². The maximum absolute atomic E-state index is 8.97. The van der Waals surface area contributed by atoms with E-state index < -0.39 is 0 Å². The first kappa shape index (κ1) is 9.14. The number of nitrogens with two attached hydrogens (primary N) is 1. The van der Waals surface area contributed by atoms with Gasteiger partial charge in [-0.25, -0.2) is 0 Å². The molecular weight excluding hydrogens is 174 g/mol. The number of anilines is 1. The molecule has 0 atom stereocenters. The molecule has 0 spiro atoms. The molecule has 0 bridgehead atoms. The Kier molecular flexibility index (Phi) is 1.99. The molecule has 3 nitrogen and oxygen atoms in total. The summed E-state index contributed by atoms with van der Waals surface area (Å²) in [6.07, 6.45) is 3.68. The summed E-state index contributed by atoms with van der Waals surface area (Å²) in [5.41, 5.74) is 8.82. The van der Waals surface area contributed by atoms with Crippen LogP contribution in [-0.2, 0) is 0 Å². The molecule has 1 aliphatic rings. The highest BCUT2D eigenvalue weighted by atomic mass is 15.1. The average Bonchev–Trinajstić information content (AvgIpc) is 2.27. The predicted molar refractivity (Wildman–Crippen MR) is 55.9 cm³/mol. The van der Waals surface area contributed by atoms with Gasteiger partial charge in [0.15, 0.2) is 0 Å². The lowest BCUT2D eigenvalue weighted by molar-refractivity contribution is 0.313. The third-order valence-electron chi connectivity index (χ3n) is 3.35. The fraction of sp³-hybridized carbons (Fsp3) is 0.545. The molecule has 0 aliphatic heterocycles. The second-order valence-corrected chi connectivity index (χ2v) is 4.04. The fourth-order valence-electron chi connectivity index (χ4n) is 2.11. The first-order valence-corrected chi connectivity index (χ1v) is 5.03. The second-order valence-electron chi connectivity index (χ2n) is 4.04. The standard InChI is InChI=1S/C11H15N3/c1-7-8(2)14(9-4-3-5-9)11(13)10(7)6-12/h9H,3-5,13H2,1-2H3. The fourth-order valence-corrected chi connectivity index (χ4v) is 2.11. The van der Waals surface area contributed by atoms with Crippen molar-refractivity contribution < 1.29 is 0 Å². The van der Waals surface area contributed by atoms with Crippen LogP contribution in [0.1, 0.15) is 42.1 Å². The molecule has 1 aromatic heterocycles. The molecule has 1 saturated carbocycles. The van der Waals surface area contributed by atoms with Crippen molar-refractivity contribution in [2.45, 2.75) is 39.2 Å². The summed E-state index contributed by atoms with van der Waals surface area (Å²) in [4.78, 5) is 0. The molecule has 1 heterocycles.